The summed E-state index contributed by atoms with van der Waals surface area (Å²) >= 11 is 4.00. The third-order valence-corrected chi connectivity index (χ3v) is 3.82. The second-order valence-electron chi connectivity index (χ2n) is 4.79. The number of carbonyl (C=O) groups excluding carboxylic acids is 1. The molecule has 0 bridgehead atoms. The lowest BCUT2D eigenvalue weighted by molar-refractivity contribution is -0.114. The first kappa shape index (κ1) is 13.1. The van der Waals surface area contributed by atoms with E-state index in [4.69, 9.17) is 0 Å². The number of thiol groups is 1. The van der Waals surface area contributed by atoms with Gasteiger partial charge in [0.15, 0.2) is 5.12 Å². The molecule has 0 aromatic heterocycles. The van der Waals surface area contributed by atoms with Crippen LogP contribution in [0.3, 0.4) is 0 Å². The number of hydrogen-bond acceptors (Lipinski definition) is 1. The SMILES string of the molecule is O=C(S)C1CCCCCCCCCCC1. The summed E-state index contributed by atoms with van der Waals surface area (Å²) in [5.74, 6) is 0.243. The molecular formula is C13H24OS. The van der Waals surface area contributed by atoms with Crippen LogP contribution in [0.25, 0.3) is 0 Å². The van der Waals surface area contributed by atoms with Crippen molar-refractivity contribution >= 4 is 17.7 Å². The van der Waals surface area contributed by atoms with Crippen LogP contribution in [0.1, 0.15) is 70.6 Å². The Kier molecular flexibility index (Phi) is 7.16. The molecule has 0 unspecified atom stereocenters. The van der Waals surface area contributed by atoms with Crippen LogP contribution in [-0.2, 0) is 4.79 Å². The second kappa shape index (κ2) is 8.20. The largest absolute Gasteiger partial charge is 0.287 e. The van der Waals surface area contributed by atoms with Crippen molar-refractivity contribution in [2.75, 3.05) is 0 Å². The Balaban J connectivity index is 2.28. The van der Waals surface area contributed by atoms with Crippen LogP contribution in [-0.4, -0.2) is 5.12 Å². The van der Waals surface area contributed by atoms with Gasteiger partial charge in [0, 0.05) is 5.92 Å². The van der Waals surface area contributed by atoms with Crippen LogP contribution in [0, 0.1) is 5.92 Å². The van der Waals surface area contributed by atoms with Crippen molar-refractivity contribution in [2.45, 2.75) is 70.6 Å². The van der Waals surface area contributed by atoms with Crippen LogP contribution < -0.4 is 0 Å². The molecule has 0 spiro atoms. The van der Waals surface area contributed by atoms with E-state index in [-0.39, 0.29) is 11.0 Å². The lowest BCUT2D eigenvalue weighted by Gasteiger charge is -2.14. The molecule has 15 heavy (non-hydrogen) atoms. The molecule has 0 radical (unpaired) electrons. The molecule has 0 aromatic carbocycles. The smallest absolute Gasteiger partial charge is 0.188 e. The molecule has 2 heteroatoms. The van der Waals surface area contributed by atoms with E-state index in [1.54, 1.807) is 0 Å². The Labute approximate surface area is 99.4 Å². The molecule has 0 saturated heterocycles. The van der Waals surface area contributed by atoms with Gasteiger partial charge in [-0.1, -0.05) is 57.8 Å². The predicted octanol–water partition coefficient (Wildman–Crippen LogP) is 4.36. The van der Waals surface area contributed by atoms with Gasteiger partial charge in [-0.2, -0.15) is 0 Å². The van der Waals surface area contributed by atoms with E-state index in [1.165, 1.54) is 57.8 Å². The fourth-order valence-electron chi connectivity index (χ4n) is 2.41. The summed E-state index contributed by atoms with van der Waals surface area (Å²) in [6.07, 6.45) is 14.1. The van der Waals surface area contributed by atoms with Crippen LogP contribution in [0.15, 0.2) is 0 Å². The molecule has 1 nitrogen and oxygen atoms in total. The van der Waals surface area contributed by atoms with Crippen LogP contribution in [0.4, 0.5) is 0 Å². The number of rotatable bonds is 1. The van der Waals surface area contributed by atoms with Crippen LogP contribution in [0.5, 0.6) is 0 Å². The molecule has 0 N–H and O–H groups in total. The van der Waals surface area contributed by atoms with Gasteiger partial charge in [-0.3, -0.25) is 4.79 Å². The third kappa shape index (κ3) is 6.24. The zero-order chi connectivity index (χ0) is 10.9. The lowest BCUT2D eigenvalue weighted by atomic mass is 9.94. The van der Waals surface area contributed by atoms with Gasteiger partial charge in [-0.15, -0.1) is 12.6 Å². The van der Waals surface area contributed by atoms with E-state index >= 15 is 0 Å². The highest BCUT2D eigenvalue weighted by atomic mass is 32.1. The molecule has 0 aliphatic heterocycles. The van der Waals surface area contributed by atoms with Gasteiger partial charge >= 0.3 is 0 Å². The lowest BCUT2D eigenvalue weighted by Crippen LogP contribution is -2.09. The van der Waals surface area contributed by atoms with Gasteiger partial charge in [0.1, 0.15) is 0 Å². The third-order valence-electron chi connectivity index (χ3n) is 3.45. The summed E-state index contributed by atoms with van der Waals surface area (Å²) in [5, 5.41) is 0.118. The molecule has 0 heterocycles. The van der Waals surface area contributed by atoms with Crippen LogP contribution in [0.2, 0.25) is 0 Å². The molecule has 88 valence electrons. The van der Waals surface area contributed by atoms with E-state index in [2.05, 4.69) is 12.6 Å². The summed E-state index contributed by atoms with van der Waals surface area (Å²) in [5.41, 5.74) is 0. The first-order valence-corrected chi connectivity index (χ1v) is 6.98. The molecular weight excluding hydrogens is 204 g/mol. The molecule has 1 fully saturated rings. The van der Waals surface area contributed by atoms with E-state index in [9.17, 15) is 4.79 Å². The maximum atomic E-state index is 11.3. The van der Waals surface area contributed by atoms with Crippen LogP contribution >= 0.6 is 12.6 Å². The van der Waals surface area contributed by atoms with Crippen molar-refractivity contribution in [3.05, 3.63) is 0 Å². The highest BCUT2D eigenvalue weighted by molar-refractivity contribution is 7.96. The van der Waals surface area contributed by atoms with Crippen molar-refractivity contribution in [1.82, 2.24) is 0 Å². The van der Waals surface area contributed by atoms with Crippen molar-refractivity contribution in [1.29, 1.82) is 0 Å². The topological polar surface area (TPSA) is 17.1 Å². The zero-order valence-corrected chi connectivity index (χ0v) is 10.6. The standard InChI is InChI=1S/C13H24OS/c14-13(15)12-10-8-6-4-2-1-3-5-7-9-11-12/h12H,1-11H2,(H,14,15). The molecule has 0 amide bonds. The van der Waals surface area contributed by atoms with E-state index in [0.717, 1.165) is 12.8 Å². The van der Waals surface area contributed by atoms with Gasteiger partial charge in [-0.05, 0) is 12.8 Å². The van der Waals surface area contributed by atoms with Gasteiger partial charge < -0.3 is 0 Å². The Morgan fingerprint density at radius 3 is 1.40 bits per heavy atom. The maximum Gasteiger partial charge on any atom is 0.188 e. The Hall–Kier alpha value is 0.0200. The molecule has 0 atom stereocenters. The van der Waals surface area contributed by atoms with Crippen molar-refractivity contribution in [3.8, 4) is 0 Å². The minimum Gasteiger partial charge on any atom is -0.287 e. The highest BCUT2D eigenvalue weighted by Crippen LogP contribution is 2.22. The van der Waals surface area contributed by atoms with E-state index in [0.29, 0.717) is 0 Å². The first-order chi connectivity index (χ1) is 7.30. The minimum absolute atomic E-state index is 0.118. The summed E-state index contributed by atoms with van der Waals surface area (Å²) in [4.78, 5) is 11.3. The average molecular weight is 228 g/mol. The quantitative estimate of drug-likeness (QED) is 0.660. The van der Waals surface area contributed by atoms with Crippen molar-refractivity contribution < 1.29 is 4.79 Å². The van der Waals surface area contributed by atoms with Gasteiger partial charge in [0.05, 0.1) is 0 Å². The number of hydrogen-bond donors (Lipinski definition) is 1. The van der Waals surface area contributed by atoms with E-state index < -0.39 is 0 Å². The molecule has 0 aromatic rings. The monoisotopic (exact) mass is 228 g/mol. The Morgan fingerprint density at radius 2 is 1.07 bits per heavy atom. The number of carbonyl (C=O) groups is 1. The summed E-state index contributed by atoms with van der Waals surface area (Å²) in [7, 11) is 0. The molecule has 1 aliphatic rings. The van der Waals surface area contributed by atoms with Gasteiger partial charge in [0.2, 0.25) is 0 Å². The first-order valence-electron chi connectivity index (χ1n) is 6.53. The fourth-order valence-corrected chi connectivity index (χ4v) is 2.67. The molecule has 1 aliphatic carbocycles. The summed E-state index contributed by atoms with van der Waals surface area (Å²) < 4.78 is 0. The predicted molar refractivity (Wildman–Crippen MR) is 68.3 cm³/mol. The maximum absolute atomic E-state index is 11.3. The zero-order valence-electron chi connectivity index (χ0n) is 9.71. The Morgan fingerprint density at radius 1 is 0.733 bits per heavy atom. The minimum atomic E-state index is 0.118. The van der Waals surface area contributed by atoms with Crippen molar-refractivity contribution in [3.63, 3.8) is 0 Å². The van der Waals surface area contributed by atoms with Crippen molar-refractivity contribution in [2.24, 2.45) is 5.92 Å². The molecule has 1 saturated carbocycles. The Bertz CT molecular complexity index is 167. The normalized spacial score (nSPS) is 22.7. The summed E-state index contributed by atoms with van der Waals surface area (Å²) in [6, 6.07) is 0. The summed E-state index contributed by atoms with van der Waals surface area (Å²) in [6.45, 7) is 0. The van der Waals surface area contributed by atoms with E-state index in [1.807, 2.05) is 0 Å². The second-order valence-corrected chi connectivity index (χ2v) is 5.24. The highest BCUT2D eigenvalue weighted by Gasteiger charge is 2.14. The fraction of sp³-hybridized carbons (Fsp3) is 0.923. The molecule has 1 rings (SSSR count). The van der Waals surface area contributed by atoms with Gasteiger partial charge in [-0.25, -0.2) is 0 Å². The van der Waals surface area contributed by atoms with Gasteiger partial charge in [0.25, 0.3) is 0 Å². The average Bonchev–Trinajstić information content (AvgIpc) is 2.18.